The van der Waals surface area contributed by atoms with Gasteiger partial charge in [0.15, 0.2) is 23.0 Å². The lowest BCUT2D eigenvalue weighted by molar-refractivity contribution is 0.0294. The van der Waals surface area contributed by atoms with Gasteiger partial charge in [0.25, 0.3) is 0 Å². The average molecular weight is 427 g/mol. The Labute approximate surface area is 182 Å². The number of nitrogens with zero attached hydrogens (tertiary/aromatic N) is 1. The van der Waals surface area contributed by atoms with E-state index in [0.717, 1.165) is 34.1 Å². The summed E-state index contributed by atoms with van der Waals surface area (Å²) in [6.45, 7) is 4.75. The maximum absolute atomic E-state index is 11.2. The van der Waals surface area contributed by atoms with Crippen LogP contribution in [-0.4, -0.2) is 44.5 Å². The Morgan fingerprint density at radius 1 is 1.16 bits per heavy atom. The van der Waals surface area contributed by atoms with Crippen LogP contribution in [0.2, 0.25) is 0 Å². The molecular weight excluding hydrogens is 398 g/mol. The third kappa shape index (κ3) is 3.09. The van der Waals surface area contributed by atoms with Gasteiger partial charge >= 0.3 is 0 Å². The Morgan fingerprint density at radius 2 is 1.94 bits per heavy atom. The molecule has 2 heterocycles. The van der Waals surface area contributed by atoms with Crippen LogP contribution >= 0.6 is 0 Å². The minimum atomic E-state index is -0.485. The molecule has 1 N–H and O–H groups in total. The van der Waals surface area contributed by atoms with E-state index in [4.69, 9.17) is 23.8 Å². The average Bonchev–Trinajstić information content (AvgIpc) is 3.44. The third-order valence-electron chi connectivity index (χ3n) is 7.13. The lowest BCUT2D eigenvalue weighted by Gasteiger charge is -2.47. The van der Waals surface area contributed by atoms with Gasteiger partial charge < -0.3 is 28.9 Å². The molecule has 1 saturated heterocycles. The molecular formula is C24H29NO6. The van der Waals surface area contributed by atoms with Gasteiger partial charge in [0.1, 0.15) is 6.61 Å². The predicted octanol–water partition coefficient (Wildman–Crippen LogP) is 3.52. The molecule has 7 nitrogen and oxygen atoms in total. The summed E-state index contributed by atoms with van der Waals surface area (Å²) in [5, 5.41) is 15.6. The largest absolute Gasteiger partial charge is 0.493 e. The third-order valence-corrected chi connectivity index (χ3v) is 7.13. The number of methoxy groups -OCH3 is 2. The molecule has 0 radical (unpaired) electrons. The van der Waals surface area contributed by atoms with Crippen LogP contribution in [0.4, 0.5) is 0 Å². The number of hydrogen-bond acceptors (Lipinski definition) is 7. The molecule has 31 heavy (non-hydrogen) atoms. The van der Waals surface area contributed by atoms with Crippen molar-refractivity contribution in [3.8, 4) is 11.5 Å². The summed E-state index contributed by atoms with van der Waals surface area (Å²) in [5.74, 6) is 3.09. The van der Waals surface area contributed by atoms with Crippen LogP contribution in [0.5, 0.6) is 11.5 Å². The van der Waals surface area contributed by atoms with Gasteiger partial charge in [-0.05, 0) is 54.5 Å². The highest BCUT2D eigenvalue weighted by atomic mass is 16.7. The van der Waals surface area contributed by atoms with Crippen LogP contribution in [0.3, 0.4) is 0 Å². The van der Waals surface area contributed by atoms with E-state index in [9.17, 15) is 5.11 Å². The lowest BCUT2D eigenvalue weighted by Crippen LogP contribution is -2.49. The Morgan fingerprint density at radius 3 is 2.65 bits per heavy atom. The molecule has 1 aromatic rings. The summed E-state index contributed by atoms with van der Waals surface area (Å²) in [6.07, 6.45) is 4.44. The maximum Gasteiger partial charge on any atom is 0.231 e. The second kappa shape index (κ2) is 7.79. The van der Waals surface area contributed by atoms with Crippen LogP contribution in [0.25, 0.3) is 0 Å². The molecule has 5 rings (SSSR count). The number of aliphatic hydroxyl groups excluding tert-OH is 1. The van der Waals surface area contributed by atoms with E-state index in [1.807, 2.05) is 19.9 Å². The van der Waals surface area contributed by atoms with Gasteiger partial charge in [-0.15, -0.1) is 0 Å². The Hall–Kier alpha value is -2.67. The first kappa shape index (κ1) is 20.2. The van der Waals surface area contributed by atoms with Crippen molar-refractivity contribution in [2.75, 3.05) is 27.6 Å². The second-order valence-corrected chi connectivity index (χ2v) is 8.64. The zero-order valence-corrected chi connectivity index (χ0v) is 18.3. The van der Waals surface area contributed by atoms with Crippen molar-refractivity contribution in [1.82, 2.24) is 0 Å². The zero-order chi connectivity index (χ0) is 21.7. The van der Waals surface area contributed by atoms with Crippen molar-refractivity contribution in [1.29, 1.82) is 0 Å². The summed E-state index contributed by atoms with van der Waals surface area (Å²) in [5.41, 5.74) is 3.11. The summed E-state index contributed by atoms with van der Waals surface area (Å²) < 4.78 is 22.6. The highest BCUT2D eigenvalue weighted by molar-refractivity contribution is 5.93. The number of rotatable bonds is 5. The van der Waals surface area contributed by atoms with Crippen LogP contribution in [0, 0.1) is 30.6 Å². The van der Waals surface area contributed by atoms with Crippen LogP contribution < -0.4 is 9.47 Å². The van der Waals surface area contributed by atoms with Crippen molar-refractivity contribution in [2.24, 2.45) is 28.8 Å². The van der Waals surface area contributed by atoms with E-state index in [0.29, 0.717) is 18.8 Å². The minimum absolute atomic E-state index is 0.0265. The highest BCUT2D eigenvalue weighted by Gasteiger charge is 2.54. The number of fused-ring (bicyclic) bond motifs is 4. The summed E-state index contributed by atoms with van der Waals surface area (Å²) in [7, 11) is 3.30. The van der Waals surface area contributed by atoms with E-state index in [-0.39, 0.29) is 36.4 Å². The second-order valence-electron chi connectivity index (χ2n) is 8.64. The number of ether oxygens (including phenoxy) is 4. The Balaban J connectivity index is 1.68. The van der Waals surface area contributed by atoms with Gasteiger partial charge in [-0.25, -0.2) is 0 Å². The molecule has 2 aliphatic carbocycles. The number of hydrogen-bond donors (Lipinski definition) is 1. The first-order valence-corrected chi connectivity index (χ1v) is 10.9. The van der Waals surface area contributed by atoms with Gasteiger partial charge in [0.2, 0.25) is 6.79 Å². The number of benzene rings is 1. The van der Waals surface area contributed by atoms with E-state index < -0.39 is 6.10 Å². The van der Waals surface area contributed by atoms with Crippen molar-refractivity contribution >= 4 is 5.71 Å². The van der Waals surface area contributed by atoms with Crippen LogP contribution in [0.15, 0.2) is 41.0 Å². The quantitative estimate of drug-likeness (QED) is 0.775. The summed E-state index contributed by atoms with van der Waals surface area (Å²) in [4.78, 5) is 5.58. The maximum atomic E-state index is 11.2. The Bertz CT molecular complexity index is 967. The summed E-state index contributed by atoms with van der Waals surface area (Å²) in [6, 6.07) is 4.20. The molecule has 4 aliphatic rings. The van der Waals surface area contributed by atoms with Crippen molar-refractivity contribution < 1.29 is 28.9 Å². The normalized spacial score (nSPS) is 31.5. The number of aryl methyl sites for hydroxylation is 1. The molecule has 2 aliphatic heterocycles. The van der Waals surface area contributed by atoms with Gasteiger partial charge in [0, 0.05) is 17.8 Å². The minimum Gasteiger partial charge on any atom is -0.493 e. The summed E-state index contributed by atoms with van der Waals surface area (Å²) >= 11 is 0. The highest BCUT2D eigenvalue weighted by Crippen LogP contribution is 2.54. The van der Waals surface area contributed by atoms with Crippen LogP contribution in [-0.2, 0) is 14.3 Å². The lowest BCUT2D eigenvalue weighted by atomic mass is 9.56. The topological polar surface area (TPSA) is 78.7 Å². The molecule has 0 amide bonds. The van der Waals surface area contributed by atoms with Crippen LogP contribution in [0.1, 0.15) is 30.4 Å². The molecule has 0 spiro atoms. The van der Waals surface area contributed by atoms with E-state index in [1.54, 1.807) is 14.2 Å². The first-order chi connectivity index (χ1) is 15.1. The number of aliphatic hydroxyl groups is 1. The molecule has 1 saturated carbocycles. The molecule has 166 valence electrons. The van der Waals surface area contributed by atoms with E-state index >= 15 is 0 Å². The number of allylic oxidation sites excluding steroid dienone is 2. The van der Waals surface area contributed by atoms with Crippen molar-refractivity contribution in [3.05, 3.63) is 46.9 Å². The van der Waals surface area contributed by atoms with Gasteiger partial charge in [-0.2, -0.15) is 0 Å². The predicted molar refractivity (Wildman–Crippen MR) is 114 cm³/mol. The van der Waals surface area contributed by atoms with E-state index in [1.165, 1.54) is 0 Å². The molecule has 2 fully saturated rings. The zero-order valence-electron chi connectivity index (χ0n) is 18.3. The van der Waals surface area contributed by atoms with Crippen molar-refractivity contribution in [3.63, 3.8) is 0 Å². The first-order valence-electron chi connectivity index (χ1n) is 10.9. The fraction of sp³-hybridized carbons (Fsp3) is 0.542. The standard InChI is InChI=1S/C24H29NO6/c1-5-17(26)22-16-10-31-25-23(16)15-9-19-18(29-11-30-19)8-14(15)21(22)13-6-12(2)24(28-4)20(7-13)27-3/h6-9,14-17,21-22,26H,5,10-11H2,1-4H3/t14?,15?,16-,17-,21+,22+/m0/s1. The smallest absolute Gasteiger partial charge is 0.231 e. The molecule has 0 aromatic heterocycles. The fourth-order valence-electron chi connectivity index (χ4n) is 5.79. The fourth-order valence-corrected chi connectivity index (χ4v) is 5.79. The van der Waals surface area contributed by atoms with Gasteiger partial charge in [0.05, 0.1) is 26.0 Å². The molecule has 6 atom stereocenters. The molecule has 2 unspecified atom stereocenters. The van der Waals surface area contributed by atoms with Gasteiger partial charge in [-0.3, -0.25) is 0 Å². The monoisotopic (exact) mass is 427 g/mol. The molecule has 0 bridgehead atoms. The Kier molecular flexibility index (Phi) is 5.08. The van der Waals surface area contributed by atoms with Crippen molar-refractivity contribution in [2.45, 2.75) is 32.3 Å². The van der Waals surface area contributed by atoms with Gasteiger partial charge in [-0.1, -0.05) is 18.1 Å². The number of oxime groups is 1. The SMILES string of the molecule is CC[C@H](O)[C@H]1[C@@H]2CON=C2C2C=C3OCOC3=CC2[C@H]1c1cc(C)c(OC)c(OC)c1. The molecule has 7 heteroatoms. The van der Waals surface area contributed by atoms with E-state index in [2.05, 4.69) is 23.4 Å². The molecule has 1 aromatic carbocycles.